The summed E-state index contributed by atoms with van der Waals surface area (Å²) in [6.45, 7) is 9.47. The average molecular weight is 531 g/mol. The first-order valence-corrected chi connectivity index (χ1v) is 10.7. The second kappa shape index (κ2) is 15.4. The van der Waals surface area contributed by atoms with E-state index in [1.54, 1.807) is 19.0 Å². The van der Waals surface area contributed by atoms with Crippen LogP contribution in [0.4, 0.5) is 0 Å². The number of carbonyl (C=O) groups is 1. The summed E-state index contributed by atoms with van der Waals surface area (Å²) >= 11 is 0. The molecule has 0 atom stereocenters. The molecule has 0 aliphatic carbocycles. The zero-order valence-corrected chi connectivity index (χ0v) is 21.0. The molecule has 1 aliphatic heterocycles. The van der Waals surface area contributed by atoms with Crippen LogP contribution in [-0.4, -0.2) is 88.2 Å². The third-order valence-electron chi connectivity index (χ3n) is 4.89. The van der Waals surface area contributed by atoms with Crippen LogP contribution < -0.4 is 10.6 Å². The maximum atomic E-state index is 12.1. The van der Waals surface area contributed by atoms with Crippen LogP contribution >= 0.6 is 24.0 Å². The number of aliphatic imine (C=N–C) groups is 1. The summed E-state index contributed by atoms with van der Waals surface area (Å²) in [5.74, 6) is 0.895. The Bertz CT molecular complexity index is 648. The van der Waals surface area contributed by atoms with E-state index in [9.17, 15) is 4.79 Å². The Balaban J connectivity index is 0.00000450. The van der Waals surface area contributed by atoms with Crippen LogP contribution in [0.5, 0.6) is 0 Å². The molecule has 0 saturated carbocycles. The molecular weight excluding hydrogens is 493 g/mol. The summed E-state index contributed by atoms with van der Waals surface area (Å²) < 4.78 is 5.38. The van der Waals surface area contributed by atoms with Crippen LogP contribution in [0, 0.1) is 0 Å². The lowest BCUT2D eigenvalue weighted by atomic mass is 10.1. The van der Waals surface area contributed by atoms with Crippen LogP contribution in [0.1, 0.15) is 35.7 Å². The highest BCUT2D eigenvalue weighted by atomic mass is 127. The number of benzene rings is 1. The van der Waals surface area contributed by atoms with Crippen LogP contribution in [-0.2, 0) is 11.2 Å². The Hall–Kier alpha value is -1.39. The van der Waals surface area contributed by atoms with Crippen LogP contribution in [0.2, 0.25) is 0 Å². The minimum atomic E-state index is 0. The van der Waals surface area contributed by atoms with Crippen molar-refractivity contribution in [3.63, 3.8) is 0 Å². The maximum Gasteiger partial charge on any atom is 0.253 e. The number of amides is 1. The summed E-state index contributed by atoms with van der Waals surface area (Å²) in [6.07, 6.45) is 3.09. The van der Waals surface area contributed by atoms with Crippen LogP contribution in [0.15, 0.2) is 29.3 Å². The fourth-order valence-corrected chi connectivity index (χ4v) is 3.25. The van der Waals surface area contributed by atoms with Gasteiger partial charge in [0.2, 0.25) is 0 Å². The predicted octanol–water partition coefficient (Wildman–Crippen LogP) is 2.22. The van der Waals surface area contributed by atoms with Gasteiger partial charge in [0.05, 0.1) is 13.2 Å². The van der Waals surface area contributed by atoms with E-state index in [1.807, 2.05) is 18.2 Å². The molecule has 1 amide bonds. The van der Waals surface area contributed by atoms with Crippen molar-refractivity contribution >= 4 is 35.8 Å². The van der Waals surface area contributed by atoms with Crippen LogP contribution in [0.25, 0.3) is 0 Å². The molecule has 30 heavy (non-hydrogen) atoms. The van der Waals surface area contributed by atoms with Gasteiger partial charge in [-0.2, -0.15) is 0 Å². The third-order valence-corrected chi connectivity index (χ3v) is 4.89. The highest BCUT2D eigenvalue weighted by Gasteiger charge is 2.09. The van der Waals surface area contributed by atoms with Crippen LogP contribution in [0.3, 0.4) is 0 Å². The lowest BCUT2D eigenvalue weighted by molar-refractivity contribution is 0.0373. The van der Waals surface area contributed by atoms with E-state index in [1.165, 1.54) is 0 Å². The molecule has 1 saturated heterocycles. The van der Waals surface area contributed by atoms with Crippen molar-refractivity contribution in [2.45, 2.75) is 26.2 Å². The number of guanidine groups is 1. The molecule has 0 spiro atoms. The lowest BCUT2D eigenvalue weighted by Crippen LogP contribution is -2.38. The van der Waals surface area contributed by atoms with Gasteiger partial charge in [-0.3, -0.25) is 14.7 Å². The molecular formula is C22H38IN5O2. The van der Waals surface area contributed by atoms with Gasteiger partial charge in [-0.25, -0.2) is 0 Å². The molecule has 8 heteroatoms. The molecule has 0 unspecified atom stereocenters. The number of hydrogen-bond acceptors (Lipinski definition) is 4. The maximum absolute atomic E-state index is 12.1. The van der Waals surface area contributed by atoms with Gasteiger partial charge in [-0.15, -0.1) is 24.0 Å². The van der Waals surface area contributed by atoms with Crippen molar-refractivity contribution < 1.29 is 9.53 Å². The molecule has 1 aromatic carbocycles. The number of hydrogen-bond donors (Lipinski definition) is 2. The molecule has 0 radical (unpaired) electrons. The number of rotatable bonds is 10. The number of morpholine rings is 1. The van der Waals surface area contributed by atoms with Gasteiger partial charge in [0.15, 0.2) is 5.96 Å². The van der Waals surface area contributed by atoms with E-state index in [2.05, 4.69) is 33.5 Å². The van der Waals surface area contributed by atoms with Crippen molar-refractivity contribution in [1.82, 2.24) is 20.4 Å². The molecule has 1 aliphatic rings. The molecule has 0 aromatic heterocycles. The second-order valence-electron chi connectivity index (χ2n) is 7.50. The number of carbonyl (C=O) groups excluding carboxylic acids is 1. The van der Waals surface area contributed by atoms with Gasteiger partial charge >= 0.3 is 0 Å². The summed E-state index contributed by atoms with van der Waals surface area (Å²) in [6, 6.07) is 7.84. The van der Waals surface area contributed by atoms with E-state index >= 15 is 0 Å². The van der Waals surface area contributed by atoms with Gasteiger partial charge in [-0.1, -0.05) is 12.1 Å². The number of nitrogens with one attached hydrogen (secondary N) is 2. The largest absolute Gasteiger partial charge is 0.379 e. The van der Waals surface area contributed by atoms with E-state index < -0.39 is 0 Å². The highest BCUT2D eigenvalue weighted by molar-refractivity contribution is 14.0. The molecule has 1 aromatic rings. The standard InChI is InChI=1S/C22H37N5O2.HI/c1-4-23-22(24-11-5-6-13-27-14-16-29-17-15-27)25-12-10-19-8-7-9-20(18-19)21(28)26(2)3;/h7-9,18H,4-6,10-17H2,1-3H3,(H2,23,24,25);1H. The Morgan fingerprint density at radius 1 is 1.20 bits per heavy atom. The van der Waals surface area contributed by atoms with Crippen molar-refractivity contribution in [2.75, 3.05) is 66.6 Å². The van der Waals surface area contributed by atoms with Crippen molar-refractivity contribution in [3.05, 3.63) is 35.4 Å². The van der Waals surface area contributed by atoms with Gasteiger partial charge in [0, 0.05) is 52.4 Å². The molecule has 7 nitrogen and oxygen atoms in total. The topological polar surface area (TPSA) is 69.2 Å². The number of unbranched alkanes of at least 4 members (excludes halogenated alkanes) is 1. The first-order chi connectivity index (χ1) is 14.1. The predicted molar refractivity (Wildman–Crippen MR) is 134 cm³/mol. The Morgan fingerprint density at radius 2 is 1.97 bits per heavy atom. The second-order valence-corrected chi connectivity index (χ2v) is 7.50. The third kappa shape index (κ3) is 10.1. The smallest absolute Gasteiger partial charge is 0.253 e. The fraction of sp³-hybridized carbons (Fsp3) is 0.636. The molecule has 170 valence electrons. The molecule has 1 fully saturated rings. The van der Waals surface area contributed by atoms with E-state index in [0.29, 0.717) is 0 Å². The molecule has 2 rings (SSSR count). The first kappa shape index (κ1) is 26.6. The Kier molecular flexibility index (Phi) is 13.7. The van der Waals surface area contributed by atoms with Gasteiger partial charge < -0.3 is 20.3 Å². The quantitative estimate of drug-likeness (QED) is 0.210. The summed E-state index contributed by atoms with van der Waals surface area (Å²) in [5.41, 5.74) is 1.87. The van der Waals surface area contributed by atoms with E-state index in [-0.39, 0.29) is 29.9 Å². The normalized spacial score (nSPS) is 14.7. The van der Waals surface area contributed by atoms with Gasteiger partial charge in [0.1, 0.15) is 0 Å². The summed E-state index contributed by atoms with van der Waals surface area (Å²) in [4.78, 5) is 20.9. The monoisotopic (exact) mass is 531 g/mol. The van der Waals surface area contributed by atoms with E-state index in [4.69, 9.17) is 4.74 Å². The zero-order chi connectivity index (χ0) is 20.9. The molecule has 2 N–H and O–H groups in total. The summed E-state index contributed by atoms with van der Waals surface area (Å²) in [5, 5.41) is 6.70. The number of nitrogens with zero attached hydrogens (tertiary/aromatic N) is 3. The minimum absolute atomic E-state index is 0. The Morgan fingerprint density at radius 3 is 2.67 bits per heavy atom. The van der Waals surface area contributed by atoms with Crippen molar-refractivity contribution in [1.29, 1.82) is 0 Å². The zero-order valence-electron chi connectivity index (χ0n) is 18.7. The first-order valence-electron chi connectivity index (χ1n) is 10.7. The van der Waals surface area contributed by atoms with Gasteiger partial charge in [-0.05, 0) is 50.4 Å². The minimum Gasteiger partial charge on any atom is -0.379 e. The van der Waals surface area contributed by atoms with E-state index in [0.717, 1.165) is 88.8 Å². The molecule has 0 bridgehead atoms. The number of ether oxygens (including phenoxy) is 1. The number of halogens is 1. The Labute approximate surface area is 198 Å². The molecule has 1 heterocycles. The lowest BCUT2D eigenvalue weighted by Gasteiger charge is -2.26. The average Bonchev–Trinajstić information content (AvgIpc) is 2.73. The van der Waals surface area contributed by atoms with Gasteiger partial charge in [0.25, 0.3) is 5.91 Å². The van der Waals surface area contributed by atoms with Crippen molar-refractivity contribution in [2.24, 2.45) is 4.99 Å². The fourth-order valence-electron chi connectivity index (χ4n) is 3.25. The SMILES string of the molecule is CCNC(=NCCCCN1CCOCC1)NCCc1cccc(C(=O)N(C)C)c1.I. The van der Waals surface area contributed by atoms with Crippen molar-refractivity contribution in [3.8, 4) is 0 Å². The highest BCUT2D eigenvalue weighted by Crippen LogP contribution is 2.08. The summed E-state index contributed by atoms with van der Waals surface area (Å²) in [7, 11) is 3.55.